The molecule has 0 aromatic rings. The molecule has 0 bridgehead atoms. The second-order valence-electron chi connectivity index (χ2n) is 12.0. The fourth-order valence-electron chi connectivity index (χ4n) is 7.69. The highest BCUT2D eigenvalue weighted by Crippen LogP contribution is 2.52. The minimum Gasteiger partial charge on any atom is -0.370 e. The number of guanidine groups is 2. The average Bonchev–Trinajstić information content (AvgIpc) is 2.84. The Morgan fingerprint density at radius 3 is 1.83 bits per heavy atom. The Bertz CT molecular complexity index is 708. The van der Waals surface area contributed by atoms with Crippen LogP contribution in [0.4, 0.5) is 13.2 Å². The van der Waals surface area contributed by atoms with Crippen molar-refractivity contribution in [1.82, 2.24) is 5.32 Å². The Balaban J connectivity index is 1.57. The van der Waals surface area contributed by atoms with Crippen molar-refractivity contribution in [2.24, 2.45) is 63.6 Å². The lowest BCUT2D eigenvalue weighted by molar-refractivity contribution is -0.195. The highest BCUT2D eigenvalue weighted by molar-refractivity contribution is 5.75. The first-order valence-electron chi connectivity index (χ1n) is 14.3. The third kappa shape index (κ3) is 9.33. The molecule has 8 N–H and O–H groups in total. The molecule has 3 rings (SSSR count). The van der Waals surface area contributed by atoms with E-state index in [-0.39, 0.29) is 23.8 Å². The van der Waals surface area contributed by atoms with Gasteiger partial charge < -0.3 is 22.5 Å². The van der Waals surface area contributed by atoms with Crippen LogP contribution < -0.4 is 22.5 Å². The number of nitrogens with zero attached hydrogens (tertiary/aromatic N) is 1. The molecule has 6 nitrogen and oxygen atoms in total. The van der Waals surface area contributed by atoms with E-state index in [1.165, 1.54) is 12.8 Å². The quantitative estimate of drug-likeness (QED) is 0.150. The van der Waals surface area contributed by atoms with Crippen LogP contribution in [0.1, 0.15) is 96.3 Å². The number of alkyl halides is 3. The minimum atomic E-state index is -4.09. The summed E-state index contributed by atoms with van der Waals surface area (Å²) < 4.78 is 42.1. The fraction of sp³-hybridized carbons (Fsp3) is 0.926. The number of hydrogen-bond donors (Lipinski definition) is 5. The Morgan fingerprint density at radius 1 is 0.778 bits per heavy atom. The smallest absolute Gasteiger partial charge is 0.370 e. The molecule has 0 amide bonds. The van der Waals surface area contributed by atoms with Gasteiger partial charge in [0.15, 0.2) is 11.9 Å². The standard InChI is InChI=1S/C27H49F3N6/c28-27(29,30)24-16-22(20-9-1-5-18(13-20)7-3-11-35-25(31)32)15-23(17-24)21-10-2-6-19(14-21)8-4-12-36-26(33)34/h18-24H,1-17H2,(H4,31,32,35)(H4,33,34,36). The molecule has 3 aliphatic carbocycles. The van der Waals surface area contributed by atoms with Gasteiger partial charge in [0, 0.05) is 13.1 Å². The van der Waals surface area contributed by atoms with Gasteiger partial charge in [-0.1, -0.05) is 38.5 Å². The molecular weight excluding hydrogens is 465 g/mol. The molecule has 0 heterocycles. The van der Waals surface area contributed by atoms with Gasteiger partial charge in [0.25, 0.3) is 0 Å². The van der Waals surface area contributed by atoms with Crippen LogP contribution in [0.3, 0.4) is 0 Å². The summed E-state index contributed by atoms with van der Waals surface area (Å²) in [6.45, 7) is 1.34. The average molecular weight is 515 g/mol. The van der Waals surface area contributed by atoms with Crippen molar-refractivity contribution in [1.29, 1.82) is 5.41 Å². The third-order valence-corrected chi connectivity index (χ3v) is 9.39. The molecule has 0 aromatic heterocycles. The van der Waals surface area contributed by atoms with E-state index in [0.29, 0.717) is 49.6 Å². The first-order valence-corrected chi connectivity index (χ1v) is 14.3. The van der Waals surface area contributed by atoms with Gasteiger partial charge in [-0.15, -0.1) is 0 Å². The van der Waals surface area contributed by atoms with Crippen LogP contribution in [-0.2, 0) is 0 Å². The molecule has 0 saturated heterocycles. The van der Waals surface area contributed by atoms with Gasteiger partial charge in [0.2, 0.25) is 0 Å². The van der Waals surface area contributed by atoms with E-state index in [0.717, 1.165) is 70.6 Å². The maximum atomic E-state index is 14.0. The number of nitrogens with one attached hydrogen (secondary N) is 2. The minimum absolute atomic E-state index is 0.00155. The SMILES string of the molecule is N=C(N)NCCCC1CCCC(C2CC(C3CCCC(CCCN=C(N)N)C3)CC(C(F)(F)F)C2)C1. The number of aliphatic imine (C=N–C) groups is 1. The number of hydrogen-bond acceptors (Lipinski definition) is 2. The molecule has 9 heteroatoms. The van der Waals surface area contributed by atoms with Crippen LogP contribution in [0, 0.1) is 46.8 Å². The second kappa shape index (κ2) is 13.8. The lowest BCUT2D eigenvalue weighted by atomic mass is 9.60. The van der Waals surface area contributed by atoms with Crippen molar-refractivity contribution in [2.75, 3.05) is 13.1 Å². The number of rotatable bonds is 10. The van der Waals surface area contributed by atoms with E-state index in [1.807, 2.05) is 0 Å². The van der Waals surface area contributed by atoms with E-state index in [4.69, 9.17) is 22.6 Å². The van der Waals surface area contributed by atoms with Gasteiger partial charge in [-0.05, 0) is 93.3 Å². The predicted octanol–water partition coefficient (Wildman–Crippen LogP) is 5.51. The molecule has 36 heavy (non-hydrogen) atoms. The first-order chi connectivity index (χ1) is 17.1. The summed E-state index contributed by atoms with van der Waals surface area (Å²) in [6, 6.07) is 0. The molecule has 7 atom stereocenters. The molecule has 0 aliphatic heterocycles. The fourth-order valence-corrected chi connectivity index (χ4v) is 7.69. The normalized spacial score (nSPS) is 33.6. The first kappa shape index (κ1) is 28.9. The van der Waals surface area contributed by atoms with Crippen LogP contribution in [-0.4, -0.2) is 31.2 Å². The number of halogens is 3. The van der Waals surface area contributed by atoms with Crippen LogP contribution in [0.25, 0.3) is 0 Å². The zero-order valence-electron chi connectivity index (χ0n) is 21.9. The topological polar surface area (TPSA) is 126 Å². The summed E-state index contributed by atoms with van der Waals surface area (Å²) in [5, 5.41) is 10.2. The van der Waals surface area contributed by atoms with Crippen LogP contribution in [0.15, 0.2) is 4.99 Å². The Morgan fingerprint density at radius 2 is 1.33 bits per heavy atom. The third-order valence-electron chi connectivity index (χ3n) is 9.39. The molecule has 208 valence electrons. The molecule has 3 saturated carbocycles. The molecule has 7 unspecified atom stereocenters. The van der Waals surface area contributed by atoms with Crippen LogP contribution >= 0.6 is 0 Å². The van der Waals surface area contributed by atoms with Crippen LogP contribution in [0.5, 0.6) is 0 Å². The lowest BCUT2D eigenvalue weighted by Gasteiger charge is -2.45. The molecule has 3 fully saturated rings. The summed E-state index contributed by atoms with van der Waals surface area (Å²) >= 11 is 0. The van der Waals surface area contributed by atoms with Crippen molar-refractivity contribution in [3.05, 3.63) is 0 Å². The summed E-state index contributed by atoms with van der Waals surface area (Å²) in [6.07, 6.45) is 10.5. The van der Waals surface area contributed by atoms with E-state index in [2.05, 4.69) is 10.3 Å². The highest BCUT2D eigenvalue weighted by Gasteiger charge is 2.48. The van der Waals surface area contributed by atoms with Crippen molar-refractivity contribution in [3.8, 4) is 0 Å². The monoisotopic (exact) mass is 514 g/mol. The summed E-state index contributed by atoms with van der Waals surface area (Å²) in [5.74, 6) is 1.43. The molecular formula is C27H49F3N6. The zero-order chi connectivity index (χ0) is 26.1. The Labute approximate surface area is 215 Å². The van der Waals surface area contributed by atoms with Gasteiger partial charge in [0.05, 0.1) is 5.92 Å². The maximum Gasteiger partial charge on any atom is 0.391 e. The summed E-state index contributed by atoms with van der Waals surface area (Å²) in [7, 11) is 0. The second-order valence-corrected chi connectivity index (χ2v) is 12.0. The zero-order valence-corrected chi connectivity index (χ0v) is 21.9. The Hall–Kier alpha value is -1.67. The largest absolute Gasteiger partial charge is 0.391 e. The van der Waals surface area contributed by atoms with E-state index < -0.39 is 12.1 Å². The van der Waals surface area contributed by atoms with Gasteiger partial charge in [-0.2, -0.15) is 13.2 Å². The maximum absolute atomic E-state index is 14.0. The van der Waals surface area contributed by atoms with Crippen molar-refractivity contribution >= 4 is 11.9 Å². The summed E-state index contributed by atoms with van der Waals surface area (Å²) in [4.78, 5) is 4.08. The Kier molecular flexibility index (Phi) is 11.0. The summed E-state index contributed by atoms with van der Waals surface area (Å²) in [5.41, 5.74) is 16.2. The van der Waals surface area contributed by atoms with E-state index >= 15 is 0 Å². The van der Waals surface area contributed by atoms with Gasteiger partial charge in [-0.25, -0.2) is 0 Å². The van der Waals surface area contributed by atoms with Gasteiger partial charge in [-0.3, -0.25) is 10.4 Å². The molecule has 0 radical (unpaired) electrons. The number of nitrogens with two attached hydrogens (primary N) is 3. The van der Waals surface area contributed by atoms with Crippen LogP contribution in [0.2, 0.25) is 0 Å². The van der Waals surface area contributed by atoms with Crippen molar-refractivity contribution in [2.45, 2.75) is 102 Å². The van der Waals surface area contributed by atoms with Crippen molar-refractivity contribution < 1.29 is 13.2 Å². The van der Waals surface area contributed by atoms with Crippen molar-refractivity contribution in [3.63, 3.8) is 0 Å². The van der Waals surface area contributed by atoms with E-state index in [1.54, 1.807) is 0 Å². The van der Waals surface area contributed by atoms with Gasteiger partial charge >= 0.3 is 6.18 Å². The molecule has 0 aromatic carbocycles. The van der Waals surface area contributed by atoms with E-state index in [9.17, 15) is 13.2 Å². The molecule has 0 spiro atoms. The highest BCUT2D eigenvalue weighted by atomic mass is 19.4. The lowest BCUT2D eigenvalue weighted by Crippen LogP contribution is -2.39. The van der Waals surface area contributed by atoms with Gasteiger partial charge in [0.1, 0.15) is 0 Å². The predicted molar refractivity (Wildman–Crippen MR) is 140 cm³/mol. The molecule has 3 aliphatic rings.